The van der Waals surface area contributed by atoms with E-state index in [0.29, 0.717) is 10.8 Å². The van der Waals surface area contributed by atoms with Crippen LogP contribution in [0.25, 0.3) is 11.3 Å². The zero-order valence-corrected chi connectivity index (χ0v) is 21.3. The molecule has 2 aromatic carbocycles. The van der Waals surface area contributed by atoms with E-state index in [1.165, 1.54) is 23.5 Å². The van der Waals surface area contributed by atoms with Gasteiger partial charge in [0, 0.05) is 10.9 Å². The van der Waals surface area contributed by atoms with E-state index in [1.807, 2.05) is 43.5 Å². The van der Waals surface area contributed by atoms with Crippen LogP contribution in [0.3, 0.4) is 0 Å². The molecular weight excluding hydrogens is 505 g/mol. The molecule has 0 aliphatic heterocycles. The molecule has 1 unspecified atom stereocenters. The van der Waals surface area contributed by atoms with Gasteiger partial charge in [-0.15, -0.1) is 11.3 Å². The molecule has 11 heteroatoms. The van der Waals surface area contributed by atoms with Crippen molar-refractivity contribution in [1.82, 2.24) is 9.71 Å². The number of carbonyl (C=O) groups is 1. The first-order valence-corrected chi connectivity index (χ1v) is 13.1. The van der Waals surface area contributed by atoms with Crippen molar-refractivity contribution in [2.45, 2.75) is 31.2 Å². The Morgan fingerprint density at radius 2 is 1.76 bits per heavy atom. The zero-order chi connectivity index (χ0) is 24.2. The van der Waals surface area contributed by atoms with Crippen molar-refractivity contribution in [3.63, 3.8) is 0 Å². The summed E-state index contributed by atoms with van der Waals surface area (Å²) in [5, 5.41) is 4.83. The van der Waals surface area contributed by atoms with E-state index in [2.05, 4.69) is 15.0 Å². The molecule has 0 radical (unpaired) electrons. The highest BCUT2D eigenvalue weighted by atomic mass is 35.5. The molecule has 0 aliphatic carbocycles. The van der Waals surface area contributed by atoms with Gasteiger partial charge >= 0.3 is 0 Å². The molecule has 176 valence electrons. The van der Waals surface area contributed by atoms with Gasteiger partial charge in [0.15, 0.2) is 5.13 Å². The Bertz CT molecular complexity index is 1210. The molecule has 0 spiro atoms. The number of aromatic nitrogens is 1. The number of hydrogen-bond donors (Lipinski definition) is 2. The summed E-state index contributed by atoms with van der Waals surface area (Å²) in [6.07, 6.45) is 0.268. The third kappa shape index (κ3) is 6.45. The second-order valence-electron chi connectivity index (χ2n) is 7.61. The standard InChI is InChI=1S/C22H23Cl2N3O4S2/c1-13(2)11-18(27-33(29,30)20-16(23)5-4-6-17(20)24)21(28)26-22-25-19(12-32-22)14-7-9-15(31-3)10-8-14/h4-10,12-13,18,27H,11H2,1-3H3,(H,25,26,28). The van der Waals surface area contributed by atoms with E-state index < -0.39 is 22.0 Å². The maximum absolute atomic E-state index is 13.0. The van der Waals surface area contributed by atoms with E-state index in [-0.39, 0.29) is 27.3 Å². The van der Waals surface area contributed by atoms with Crippen molar-refractivity contribution < 1.29 is 17.9 Å². The first-order chi connectivity index (χ1) is 15.6. The third-order valence-corrected chi connectivity index (χ3v) is 7.81. The average molecular weight is 528 g/mol. The summed E-state index contributed by atoms with van der Waals surface area (Å²) in [6.45, 7) is 3.78. The second kappa shape index (κ2) is 10.8. The fourth-order valence-corrected chi connectivity index (χ4v) is 6.16. The number of ether oxygens (including phenoxy) is 1. The lowest BCUT2D eigenvalue weighted by atomic mass is 10.0. The first-order valence-electron chi connectivity index (χ1n) is 9.98. The van der Waals surface area contributed by atoms with E-state index in [9.17, 15) is 13.2 Å². The number of sulfonamides is 1. The molecule has 1 atom stereocenters. The number of nitrogens with zero attached hydrogens (tertiary/aromatic N) is 1. The monoisotopic (exact) mass is 527 g/mol. The lowest BCUT2D eigenvalue weighted by Crippen LogP contribution is -2.44. The molecule has 1 aromatic heterocycles. The van der Waals surface area contributed by atoms with Gasteiger partial charge in [0.2, 0.25) is 15.9 Å². The molecule has 7 nitrogen and oxygen atoms in total. The Labute approximate surface area is 207 Å². The van der Waals surface area contributed by atoms with Crippen LogP contribution in [0.2, 0.25) is 10.0 Å². The maximum Gasteiger partial charge on any atom is 0.244 e. The van der Waals surface area contributed by atoms with Crippen LogP contribution < -0.4 is 14.8 Å². The van der Waals surface area contributed by atoms with E-state index in [0.717, 1.165) is 11.3 Å². The number of hydrogen-bond acceptors (Lipinski definition) is 6. The molecule has 3 aromatic rings. The Hall–Kier alpha value is -2.17. The van der Waals surface area contributed by atoms with E-state index >= 15 is 0 Å². The topological polar surface area (TPSA) is 97.4 Å². The highest BCUT2D eigenvalue weighted by Crippen LogP contribution is 2.30. The van der Waals surface area contributed by atoms with Crippen LogP contribution in [0, 0.1) is 5.92 Å². The van der Waals surface area contributed by atoms with Crippen molar-refractivity contribution in [2.24, 2.45) is 5.92 Å². The minimum Gasteiger partial charge on any atom is -0.497 e. The number of halogens is 2. The highest BCUT2D eigenvalue weighted by molar-refractivity contribution is 7.89. The van der Waals surface area contributed by atoms with Crippen molar-refractivity contribution in [3.8, 4) is 17.0 Å². The molecule has 0 aliphatic rings. The number of amides is 1. The Morgan fingerprint density at radius 3 is 2.33 bits per heavy atom. The van der Waals surface area contributed by atoms with Gasteiger partial charge in [0.1, 0.15) is 16.7 Å². The Morgan fingerprint density at radius 1 is 1.12 bits per heavy atom. The molecule has 3 rings (SSSR count). The molecule has 2 N–H and O–H groups in total. The number of nitrogens with one attached hydrogen (secondary N) is 2. The number of anilines is 1. The van der Waals surface area contributed by atoms with E-state index in [1.54, 1.807) is 13.2 Å². The van der Waals surface area contributed by atoms with Crippen molar-refractivity contribution in [1.29, 1.82) is 0 Å². The molecular formula is C22H23Cl2N3O4S2. The summed E-state index contributed by atoms with van der Waals surface area (Å²) in [5.74, 6) is 0.243. The Balaban J connectivity index is 1.79. The van der Waals surface area contributed by atoms with Gasteiger partial charge in [0.25, 0.3) is 0 Å². The van der Waals surface area contributed by atoms with Gasteiger partial charge in [-0.3, -0.25) is 4.79 Å². The van der Waals surface area contributed by atoms with Crippen LogP contribution in [0.4, 0.5) is 5.13 Å². The predicted octanol–water partition coefficient (Wildman–Crippen LogP) is 5.46. The highest BCUT2D eigenvalue weighted by Gasteiger charge is 2.30. The summed E-state index contributed by atoms with van der Waals surface area (Å²) >= 11 is 13.4. The molecule has 0 saturated heterocycles. The predicted molar refractivity (Wildman–Crippen MR) is 133 cm³/mol. The number of benzene rings is 2. The van der Waals surface area contributed by atoms with Gasteiger partial charge in [-0.1, -0.05) is 43.1 Å². The van der Waals surface area contributed by atoms with Crippen molar-refractivity contribution in [2.75, 3.05) is 12.4 Å². The fourth-order valence-electron chi connectivity index (χ4n) is 3.08. The van der Waals surface area contributed by atoms with E-state index in [4.69, 9.17) is 27.9 Å². The SMILES string of the molecule is COc1ccc(-c2csc(NC(=O)C(CC(C)C)NS(=O)(=O)c3c(Cl)cccc3Cl)n2)cc1. The third-order valence-electron chi connectivity index (χ3n) is 4.63. The number of rotatable bonds is 9. The lowest BCUT2D eigenvalue weighted by molar-refractivity contribution is -0.118. The summed E-state index contributed by atoms with van der Waals surface area (Å²) in [6, 6.07) is 10.7. The zero-order valence-electron chi connectivity index (χ0n) is 18.1. The molecule has 0 bridgehead atoms. The maximum atomic E-state index is 13.0. The summed E-state index contributed by atoms with van der Waals surface area (Å²) in [7, 11) is -2.56. The quantitative estimate of drug-likeness (QED) is 0.385. The van der Waals surface area contributed by atoms with Crippen LogP contribution in [0.5, 0.6) is 5.75 Å². The molecule has 0 fully saturated rings. The van der Waals surface area contributed by atoms with Crippen molar-refractivity contribution >= 4 is 55.6 Å². The summed E-state index contributed by atoms with van der Waals surface area (Å²) in [5.41, 5.74) is 1.54. The van der Waals surface area contributed by atoms with Gasteiger partial charge in [-0.2, -0.15) is 4.72 Å². The summed E-state index contributed by atoms with van der Waals surface area (Å²) in [4.78, 5) is 17.2. The van der Waals surface area contributed by atoms with Crippen LogP contribution in [0.1, 0.15) is 20.3 Å². The normalized spacial score (nSPS) is 12.5. The lowest BCUT2D eigenvalue weighted by Gasteiger charge is -2.20. The van der Waals surface area contributed by atoms with Crippen molar-refractivity contribution in [3.05, 3.63) is 57.9 Å². The average Bonchev–Trinajstić information content (AvgIpc) is 3.21. The van der Waals surface area contributed by atoms with Crippen LogP contribution in [-0.4, -0.2) is 32.5 Å². The fraction of sp³-hybridized carbons (Fsp3) is 0.273. The van der Waals surface area contributed by atoms with Crippen LogP contribution >= 0.6 is 34.5 Å². The smallest absolute Gasteiger partial charge is 0.244 e. The largest absolute Gasteiger partial charge is 0.497 e. The molecule has 0 saturated carbocycles. The van der Waals surface area contributed by atoms with Crippen LogP contribution in [-0.2, 0) is 14.8 Å². The molecule has 1 amide bonds. The van der Waals surface area contributed by atoms with Gasteiger partial charge in [0.05, 0.1) is 22.8 Å². The van der Waals surface area contributed by atoms with Gasteiger partial charge in [-0.05, 0) is 48.7 Å². The Kier molecular flexibility index (Phi) is 8.36. The van der Waals surface area contributed by atoms with Crippen LogP contribution in [0.15, 0.2) is 52.7 Å². The second-order valence-corrected chi connectivity index (χ2v) is 10.9. The number of thiazole rings is 1. The molecule has 1 heterocycles. The van der Waals surface area contributed by atoms with Gasteiger partial charge in [-0.25, -0.2) is 13.4 Å². The minimum atomic E-state index is -4.15. The first kappa shape index (κ1) is 25.5. The van der Waals surface area contributed by atoms with Gasteiger partial charge < -0.3 is 10.1 Å². The number of methoxy groups -OCH3 is 1. The number of carbonyl (C=O) groups excluding carboxylic acids is 1. The minimum absolute atomic E-state index is 0.0252. The molecule has 33 heavy (non-hydrogen) atoms. The summed E-state index contributed by atoms with van der Waals surface area (Å²) < 4.78 is 33.6.